The van der Waals surface area contributed by atoms with Gasteiger partial charge in [0.25, 0.3) is 11.4 Å². The lowest BCUT2D eigenvalue weighted by molar-refractivity contribution is -0.392. The van der Waals surface area contributed by atoms with Gasteiger partial charge in [-0.2, -0.15) is 0 Å². The number of aryl methyl sites for hydroxylation is 1. The highest BCUT2D eigenvalue weighted by Gasteiger charge is 2.28. The number of hydrogen-bond donors (Lipinski definition) is 2. The molecule has 9 nitrogen and oxygen atoms in total. The van der Waals surface area contributed by atoms with Crippen LogP contribution in [0, 0.1) is 27.2 Å². The summed E-state index contributed by atoms with van der Waals surface area (Å²) >= 11 is 0. The quantitative estimate of drug-likeness (QED) is 0.613. The third-order valence-electron chi connectivity index (χ3n) is 2.37. The first kappa shape index (κ1) is 14.4. The maximum atomic E-state index is 10.9. The predicted molar refractivity (Wildman–Crippen MR) is 65.2 cm³/mol. The van der Waals surface area contributed by atoms with Gasteiger partial charge in [0.15, 0.2) is 5.69 Å². The molecule has 0 saturated heterocycles. The van der Waals surface area contributed by atoms with Gasteiger partial charge in [-0.25, -0.2) is 0 Å². The molecule has 0 fully saturated rings. The Labute approximate surface area is 107 Å². The molecule has 0 saturated carbocycles. The first-order chi connectivity index (χ1) is 8.73. The molecule has 0 bridgehead atoms. The number of rotatable bonds is 5. The Balaban J connectivity index is 3.43. The molecule has 0 amide bonds. The summed E-state index contributed by atoms with van der Waals surface area (Å²) in [5.41, 5.74) is -1.12. The smallest absolute Gasteiger partial charge is 0.325 e. The fraction of sp³-hybridized carbons (Fsp3) is 0.300. The van der Waals surface area contributed by atoms with E-state index in [0.717, 1.165) is 12.1 Å². The van der Waals surface area contributed by atoms with Gasteiger partial charge in [0.2, 0.25) is 0 Å². The van der Waals surface area contributed by atoms with Crippen LogP contribution in [0.5, 0.6) is 0 Å². The highest BCUT2D eigenvalue weighted by atomic mass is 16.6. The van der Waals surface area contributed by atoms with E-state index in [1.165, 1.54) is 13.8 Å². The minimum Gasteiger partial charge on any atom is -0.480 e. The van der Waals surface area contributed by atoms with E-state index in [2.05, 4.69) is 5.32 Å². The van der Waals surface area contributed by atoms with Gasteiger partial charge in [0.1, 0.15) is 6.04 Å². The molecule has 2 N–H and O–H groups in total. The summed E-state index contributed by atoms with van der Waals surface area (Å²) < 4.78 is 0. The molecule has 0 spiro atoms. The van der Waals surface area contributed by atoms with Gasteiger partial charge in [-0.15, -0.1) is 0 Å². The maximum Gasteiger partial charge on any atom is 0.325 e. The third-order valence-corrected chi connectivity index (χ3v) is 2.37. The molecule has 0 aliphatic heterocycles. The van der Waals surface area contributed by atoms with Crippen LogP contribution in [0.1, 0.15) is 12.5 Å². The molecule has 1 atom stereocenters. The lowest BCUT2D eigenvalue weighted by Crippen LogP contribution is -2.26. The number of nitro groups is 2. The number of nitro benzene ring substituents is 2. The van der Waals surface area contributed by atoms with E-state index in [9.17, 15) is 25.0 Å². The number of aliphatic carboxylic acids is 1. The summed E-state index contributed by atoms with van der Waals surface area (Å²) in [7, 11) is 0. The Morgan fingerprint density at radius 2 is 1.68 bits per heavy atom. The molecule has 0 radical (unpaired) electrons. The Hall–Kier alpha value is -2.71. The third kappa shape index (κ3) is 3.15. The number of benzene rings is 1. The monoisotopic (exact) mass is 269 g/mol. The minimum absolute atomic E-state index is 0.340. The van der Waals surface area contributed by atoms with Crippen LogP contribution in [0.3, 0.4) is 0 Å². The highest BCUT2D eigenvalue weighted by molar-refractivity contribution is 5.82. The second kappa shape index (κ2) is 5.29. The van der Waals surface area contributed by atoms with E-state index in [0.29, 0.717) is 5.56 Å². The van der Waals surface area contributed by atoms with E-state index in [1.807, 2.05) is 0 Å². The van der Waals surface area contributed by atoms with Crippen LogP contribution < -0.4 is 5.32 Å². The largest absolute Gasteiger partial charge is 0.480 e. The maximum absolute atomic E-state index is 10.9. The molecule has 102 valence electrons. The van der Waals surface area contributed by atoms with Crippen molar-refractivity contribution in [1.82, 2.24) is 0 Å². The van der Waals surface area contributed by atoms with E-state index >= 15 is 0 Å². The van der Waals surface area contributed by atoms with Crippen molar-refractivity contribution in [3.63, 3.8) is 0 Å². The van der Waals surface area contributed by atoms with Crippen LogP contribution in [-0.2, 0) is 4.79 Å². The van der Waals surface area contributed by atoms with E-state index in [4.69, 9.17) is 5.11 Å². The van der Waals surface area contributed by atoms with Gasteiger partial charge >= 0.3 is 5.97 Å². The molecular weight excluding hydrogens is 258 g/mol. The van der Waals surface area contributed by atoms with Crippen molar-refractivity contribution < 1.29 is 19.7 Å². The SMILES string of the molecule is Cc1cc([N+](=O)[O-])c(NC(C)C(=O)O)c([N+](=O)[O-])c1. The van der Waals surface area contributed by atoms with Crippen molar-refractivity contribution in [3.8, 4) is 0 Å². The fourth-order valence-corrected chi connectivity index (χ4v) is 1.46. The number of carboxylic acid groups (broad SMARTS) is 1. The summed E-state index contributed by atoms with van der Waals surface area (Å²) in [5.74, 6) is -1.27. The Morgan fingerprint density at radius 1 is 1.26 bits per heavy atom. The van der Waals surface area contributed by atoms with Gasteiger partial charge in [-0.1, -0.05) is 0 Å². The molecule has 0 heterocycles. The predicted octanol–water partition coefficient (Wildman–Crippen LogP) is 1.70. The van der Waals surface area contributed by atoms with Crippen molar-refractivity contribution in [2.24, 2.45) is 0 Å². The van der Waals surface area contributed by atoms with E-state index in [1.54, 1.807) is 0 Å². The molecular formula is C10H11N3O6. The average Bonchev–Trinajstić information content (AvgIpc) is 2.29. The van der Waals surface area contributed by atoms with Gasteiger partial charge in [0, 0.05) is 12.1 Å². The average molecular weight is 269 g/mol. The van der Waals surface area contributed by atoms with Crippen LogP contribution in [0.25, 0.3) is 0 Å². The van der Waals surface area contributed by atoms with Crippen LogP contribution in [0.15, 0.2) is 12.1 Å². The first-order valence-electron chi connectivity index (χ1n) is 5.16. The zero-order valence-corrected chi connectivity index (χ0v) is 10.1. The zero-order chi connectivity index (χ0) is 14.7. The van der Waals surface area contributed by atoms with Crippen molar-refractivity contribution >= 4 is 23.0 Å². The van der Waals surface area contributed by atoms with Gasteiger partial charge in [-0.3, -0.25) is 25.0 Å². The number of nitrogens with zero attached hydrogens (tertiary/aromatic N) is 2. The lowest BCUT2D eigenvalue weighted by atomic mass is 10.1. The number of carbonyl (C=O) groups is 1. The number of hydrogen-bond acceptors (Lipinski definition) is 6. The summed E-state index contributed by atoms with van der Waals surface area (Å²) in [6.07, 6.45) is 0. The minimum atomic E-state index is -1.27. The molecule has 1 unspecified atom stereocenters. The Bertz CT molecular complexity index is 521. The van der Waals surface area contributed by atoms with Crippen molar-refractivity contribution in [2.75, 3.05) is 5.32 Å². The van der Waals surface area contributed by atoms with Crippen LogP contribution in [0.4, 0.5) is 17.1 Å². The second-order valence-electron chi connectivity index (χ2n) is 3.90. The van der Waals surface area contributed by atoms with Crippen molar-refractivity contribution in [3.05, 3.63) is 37.9 Å². The molecule has 1 aromatic rings. The molecule has 19 heavy (non-hydrogen) atoms. The highest BCUT2D eigenvalue weighted by Crippen LogP contribution is 2.35. The van der Waals surface area contributed by atoms with Crippen LogP contribution in [-0.4, -0.2) is 27.0 Å². The molecule has 0 aliphatic rings. The second-order valence-corrected chi connectivity index (χ2v) is 3.90. The summed E-state index contributed by atoms with van der Waals surface area (Å²) in [5, 5.41) is 32.8. The molecule has 1 rings (SSSR count). The Morgan fingerprint density at radius 3 is 2.00 bits per heavy atom. The van der Waals surface area contributed by atoms with Crippen molar-refractivity contribution in [1.29, 1.82) is 0 Å². The molecule has 9 heteroatoms. The zero-order valence-electron chi connectivity index (χ0n) is 10.1. The molecule has 0 aliphatic carbocycles. The van der Waals surface area contributed by atoms with Gasteiger partial charge < -0.3 is 10.4 Å². The number of nitrogens with one attached hydrogen (secondary N) is 1. The topological polar surface area (TPSA) is 136 Å². The van der Waals surface area contributed by atoms with E-state index in [-0.39, 0.29) is 0 Å². The van der Waals surface area contributed by atoms with Crippen LogP contribution >= 0.6 is 0 Å². The van der Waals surface area contributed by atoms with Gasteiger partial charge in [-0.05, 0) is 19.4 Å². The van der Waals surface area contributed by atoms with Crippen LogP contribution in [0.2, 0.25) is 0 Å². The lowest BCUT2D eigenvalue weighted by Gasteiger charge is -2.11. The standard InChI is InChI=1S/C10H11N3O6/c1-5-3-7(12(16)17)9(8(4-5)13(18)19)11-6(2)10(14)15/h3-4,6,11H,1-2H3,(H,14,15). The molecule has 0 aromatic heterocycles. The number of anilines is 1. The normalized spacial score (nSPS) is 11.7. The summed E-state index contributed by atoms with van der Waals surface area (Å²) in [4.78, 5) is 30.9. The van der Waals surface area contributed by atoms with Crippen molar-refractivity contribution in [2.45, 2.75) is 19.9 Å². The summed E-state index contributed by atoms with van der Waals surface area (Å²) in [6.45, 7) is 2.71. The van der Waals surface area contributed by atoms with Gasteiger partial charge in [0.05, 0.1) is 9.85 Å². The summed E-state index contributed by atoms with van der Waals surface area (Å²) in [6, 6.07) is 1.09. The fourth-order valence-electron chi connectivity index (χ4n) is 1.46. The van der Waals surface area contributed by atoms with E-state index < -0.39 is 38.9 Å². The first-order valence-corrected chi connectivity index (χ1v) is 5.16. The Kier molecular flexibility index (Phi) is 4.00. The molecule has 1 aromatic carbocycles. The number of carboxylic acids is 1.